The van der Waals surface area contributed by atoms with Crippen LogP contribution in [0, 0.1) is 11.3 Å². The van der Waals surface area contributed by atoms with Gasteiger partial charge in [0.25, 0.3) is 0 Å². The highest BCUT2D eigenvalue weighted by molar-refractivity contribution is 6.01. The zero-order valence-corrected chi connectivity index (χ0v) is 14.1. The van der Waals surface area contributed by atoms with Gasteiger partial charge in [0.1, 0.15) is 11.3 Å². The predicted octanol–water partition coefficient (Wildman–Crippen LogP) is 2.43. The van der Waals surface area contributed by atoms with Gasteiger partial charge in [-0.3, -0.25) is 4.79 Å². The second-order valence-corrected chi connectivity index (χ2v) is 7.29. The van der Waals surface area contributed by atoms with E-state index in [4.69, 9.17) is 10.5 Å². The first-order valence-corrected chi connectivity index (χ1v) is 8.36. The number of benzene rings is 1. The maximum Gasteiger partial charge on any atom is 0.245 e. The number of aryl methyl sites for hydroxylation is 1. The van der Waals surface area contributed by atoms with E-state index in [9.17, 15) is 9.90 Å². The Hall–Kier alpha value is -1.59. The molecule has 2 fully saturated rings. The number of rotatable bonds is 3. The monoisotopic (exact) mass is 318 g/mol. The number of hydrogen-bond acceptors (Lipinski definition) is 4. The van der Waals surface area contributed by atoms with Crippen molar-refractivity contribution in [1.82, 2.24) is 0 Å². The van der Waals surface area contributed by atoms with Crippen LogP contribution >= 0.6 is 0 Å². The largest absolute Gasteiger partial charge is 0.506 e. The molecule has 1 aliphatic carbocycles. The third-order valence-corrected chi connectivity index (χ3v) is 5.78. The van der Waals surface area contributed by atoms with Crippen LogP contribution in [-0.2, 0) is 16.0 Å². The molecule has 23 heavy (non-hydrogen) atoms. The van der Waals surface area contributed by atoms with Crippen molar-refractivity contribution < 1.29 is 14.6 Å². The van der Waals surface area contributed by atoms with Crippen molar-refractivity contribution in [3.63, 3.8) is 0 Å². The molecule has 5 heteroatoms. The number of ether oxygens (including phenoxy) is 1. The Morgan fingerprint density at radius 1 is 1.48 bits per heavy atom. The average molecular weight is 318 g/mol. The number of fused-ring (bicyclic) bond motifs is 1. The molecule has 1 aliphatic heterocycles. The smallest absolute Gasteiger partial charge is 0.245 e. The molecule has 2 aliphatic rings. The lowest BCUT2D eigenvalue weighted by Gasteiger charge is -2.65. The summed E-state index contributed by atoms with van der Waals surface area (Å²) in [4.78, 5) is 12.9. The maximum atomic E-state index is 12.9. The van der Waals surface area contributed by atoms with E-state index in [0.717, 1.165) is 31.4 Å². The maximum absolute atomic E-state index is 12.9. The van der Waals surface area contributed by atoms with Crippen LogP contribution in [0.5, 0.6) is 5.75 Å². The van der Waals surface area contributed by atoms with Crippen LogP contribution in [0.2, 0.25) is 0 Å². The lowest BCUT2D eigenvalue weighted by Crippen LogP contribution is -2.81. The number of aromatic hydroxyl groups is 1. The van der Waals surface area contributed by atoms with Crippen molar-refractivity contribution in [3.8, 4) is 5.75 Å². The summed E-state index contributed by atoms with van der Waals surface area (Å²) in [5.41, 5.74) is 6.64. The third kappa shape index (κ3) is 2.25. The Bertz CT molecular complexity index is 629. The molecule has 0 radical (unpaired) electrons. The lowest BCUT2D eigenvalue weighted by molar-refractivity contribution is -0.222. The topological polar surface area (TPSA) is 84.6 Å². The molecule has 1 heterocycles. The van der Waals surface area contributed by atoms with Crippen LogP contribution < -0.4 is 11.1 Å². The van der Waals surface area contributed by atoms with Gasteiger partial charge in [-0.15, -0.1) is 0 Å². The second-order valence-electron chi connectivity index (χ2n) is 7.29. The first-order chi connectivity index (χ1) is 10.8. The lowest BCUT2D eigenvalue weighted by atomic mass is 9.46. The number of nitrogens with one attached hydrogen (secondary N) is 1. The molecule has 5 nitrogen and oxygen atoms in total. The molecule has 4 N–H and O–H groups in total. The predicted molar refractivity (Wildman–Crippen MR) is 89.3 cm³/mol. The van der Waals surface area contributed by atoms with Crippen molar-refractivity contribution in [2.45, 2.75) is 51.7 Å². The summed E-state index contributed by atoms with van der Waals surface area (Å²) in [5.74, 6) is -0.145. The van der Waals surface area contributed by atoms with Gasteiger partial charge >= 0.3 is 0 Å². The number of amides is 1. The Morgan fingerprint density at radius 2 is 2.22 bits per heavy atom. The Kier molecular flexibility index (Phi) is 3.89. The van der Waals surface area contributed by atoms with Gasteiger partial charge in [0, 0.05) is 17.9 Å². The normalized spacial score (nSPS) is 31.8. The van der Waals surface area contributed by atoms with E-state index in [1.54, 1.807) is 12.1 Å². The number of nitrogens with two attached hydrogens (primary N) is 1. The van der Waals surface area contributed by atoms with Crippen LogP contribution in [0.4, 0.5) is 5.69 Å². The van der Waals surface area contributed by atoms with E-state index < -0.39 is 11.0 Å². The minimum absolute atomic E-state index is 0.0302. The fraction of sp³-hybridized carbons (Fsp3) is 0.611. The van der Waals surface area contributed by atoms with Crippen LogP contribution in [0.1, 0.15) is 39.2 Å². The van der Waals surface area contributed by atoms with Gasteiger partial charge in [-0.1, -0.05) is 26.8 Å². The number of carbonyl (C=O) groups is 1. The van der Waals surface area contributed by atoms with Gasteiger partial charge in [0.15, 0.2) is 0 Å². The van der Waals surface area contributed by atoms with Crippen molar-refractivity contribution in [2.24, 2.45) is 17.1 Å². The first kappa shape index (κ1) is 16.3. The van der Waals surface area contributed by atoms with Crippen LogP contribution in [-0.4, -0.2) is 29.3 Å². The zero-order valence-electron chi connectivity index (χ0n) is 14.1. The van der Waals surface area contributed by atoms with Crippen molar-refractivity contribution >= 4 is 11.6 Å². The molecule has 0 aromatic heterocycles. The summed E-state index contributed by atoms with van der Waals surface area (Å²) in [6, 6.07) is 5.26. The van der Waals surface area contributed by atoms with Crippen LogP contribution in [0.25, 0.3) is 0 Å². The molecule has 0 bridgehead atoms. The van der Waals surface area contributed by atoms with Gasteiger partial charge < -0.3 is 20.9 Å². The number of carbonyl (C=O) groups excluding carboxylic acids is 1. The highest BCUT2D eigenvalue weighted by Gasteiger charge is 2.70. The summed E-state index contributed by atoms with van der Waals surface area (Å²) in [5, 5.41) is 12.9. The number of anilines is 1. The molecule has 0 spiro atoms. The molecule has 1 aromatic rings. The number of phenolic OH excluding ortho intramolecular Hbond substituents is 1. The van der Waals surface area contributed by atoms with Crippen molar-refractivity contribution in [1.29, 1.82) is 0 Å². The molecular weight excluding hydrogens is 292 g/mol. The standard InChI is InChI=1S/C18H26N2O3/c1-4-11-7-8-14(21)13(10-11)20-16(22)18(19)12-6-5-9-23-15(12)17(18,2)3/h7-8,10,12,15,21H,4-6,9,19H2,1-3H3,(H,20,22). The molecule has 1 amide bonds. The van der Waals surface area contributed by atoms with E-state index in [1.165, 1.54) is 0 Å². The van der Waals surface area contributed by atoms with E-state index >= 15 is 0 Å². The summed E-state index contributed by atoms with van der Waals surface area (Å²) < 4.78 is 5.84. The molecule has 1 aromatic carbocycles. The van der Waals surface area contributed by atoms with Gasteiger partial charge in [0.05, 0.1) is 11.8 Å². The highest BCUT2D eigenvalue weighted by Crippen LogP contribution is 2.57. The van der Waals surface area contributed by atoms with Crippen molar-refractivity contribution in [3.05, 3.63) is 23.8 Å². The van der Waals surface area contributed by atoms with Gasteiger partial charge in [0.2, 0.25) is 5.91 Å². The molecular formula is C18H26N2O3. The second kappa shape index (κ2) is 5.49. The SMILES string of the molecule is CCc1ccc(O)c(NC(=O)C2(N)C3CCCOC3C2(C)C)c1. The fourth-order valence-corrected chi connectivity index (χ4v) is 4.17. The molecule has 1 saturated heterocycles. The highest BCUT2D eigenvalue weighted by atomic mass is 16.5. The third-order valence-electron chi connectivity index (χ3n) is 5.78. The minimum atomic E-state index is -0.979. The molecule has 3 rings (SSSR count). The molecule has 3 unspecified atom stereocenters. The van der Waals surface area contributed by atoms with Crippen molar-refractivity contribution in [2.75, 3.05) is 11.9 Å². The van der Waals surface area contributed by atoms with Gasteiger partial charge in [-0.05, 0) is 37.0 Å². The van der Waals surface area contributed by atoms with E-state index in [0.29, 0.717) is 5.69 Å². The Morgan fingerprint density at radius 3 is 2.91 bits per heavy atom. The minimum Gasteiger partial charge on any atom is -0.506 e. The average Bonchev–Trinajstić information content (AvgIpc) is 2.55. The molecule has 3 atom stereocenters. The summed E-state index contributed by atoms with van der Waals surface area (Å²) in [7, 11) is 0. The Labute approximate surface area is 137 Å². The molecule has 1 saturated carbocycles. The van der Waals surface area contributed by atoms with Crippen LogP contribution in [0.3, 0.4) is 0 Å². The summed E-state index contributed by atoms with van der Waals surface area (Å²) >= 11 is 0. The molecule has 126 valence electrons. The summed E-state index contributed by atoms with van der Waals surface area (Å²) in [6.07, 6.45) is 2.70. The van der Waals surface area contributed by atoms with Gasteiger partial charge in [-0.25, -0.2) is 0 Å². The van der Waals surface area contributed by atoms with E-state index in [1.807, 2.05) is 26.8 Å². The van der Waals surface area contributed by atoms with Crippen LogP contribution in [0.15, 0.2) is 18.2 Å². The quantitative estimate of drug-likeness (QED) is 0.747. The summed E-state index contributed by atoms with van der Waals surface area (Å²) in [6.45, 7) is 6.74. The number of phenols is 1. The first-order valence-electron chi connectivity index (χ1n) is 8.36. The van der Waals surface area contributed by atoms with Gasteiger partial charge in [-0.2, -0.15) is 0 Å². The van der Waals surface area contributed by atoms with E-state index in [-0.39, 0.29) is 23.7 Å². The fourth-order valence-electron chi connectivity index (χ4n) is 4.17. The zero-order chi connectivity index (χ0) is 16.8. The number of hydrogen-bond donors (Lipinski definition) is 3. The van der Waals surface area contributed by atoms with E-state index in [2.05, 4.69) is 5.32 Å². The Balaban J connectivity index is 1.85.